The van der Waals surface area contributed by atoms with Gasteiger partial charge in [-0.1, -0.05) is 15.9 Å². The van der Waals surface area contributed by atoms with Crippen LogP contribution in [-0.4, -0.2) is 23.9 Å². The number of hydrogen-bond donors (Lipinski definition) is 1. The van der Waals surface area contributed by atoms with Crippen molar-refractivity contribution in [2.75, 3.05) is 11.9 Å². The third-order valence-corrected chi connectivity index (χ3v) is 2.46. The van der Waals surface area contributed by atoms with Crippen molar-refractivity contribution in [2.45, 2.75) is 19.4 Å². The Kier molecular flexibility index (Phi) is 5.97. The molecule has 0 spiro atoms. The number of nitrogens with one attached hydrogen (secondary N) is 1. The van der Waals surface area contributed by atoms with Crippen molar-refractivity contribution >= 4 is 21.8 Å². The Hall–Kier alpha value is -1.10. The third-order valence-electron chi connectivity index (χ3n) is 2.06. The molecule has 1 N–H and O–H groups in total. The predicted octanol–water partition coefficient (Wildman–Crippen LogP) is 2.49. The second-order valence-corrected chi connectivity index (χ2v) is 4.42. The van der Waals surface area contributed by atoms with Gasteiger partial charge in [0.2, 0.25) is 5.91 Å². The fourth-order valence-corrected chi connectivity index (χ4v) is 1.58. The summed E-state index contributed by atoms with van der Waals surface area (Å²) < 4.78 is 18.2. The van der Waals surface area contributed by atoms with Gasteiger partial charge in [-0.15, -0.1) is 0 Å². The van der Waals surface area contributed by atoms with E-state index in [0.717, 1.165) is 0 Å². The Morgan fingerprint density at radius 2 is 2.12 bits per heavy atom. The molecule has 1 atom stereocenters. The highest BCUT2D eigenvalue weighted by atomic mass is 79.9. The van der Waals surface area contributed by atoms with Crippen LogP contribution in [0.4, 0.5) is 4.39 Å². The van der Waals surface area contributed by atoms with Crippen LogP contribution in [0.5, 0.6) is 5.75 Å². The first-order valence-electron chi connectivity index (χ1n) is 5.36. The van der Waals surface area contributed by atoms with E-state index in [1.807, 2.05) is 6.92 Å². The molecule has 1 aromatic carbocycles. The highest BCUT2D eigenvalue weighted by molar-refractivity contribution is 9.09. The second-order valence-electron chi connectivity index (χ2n) is 3.63. The zero-order valence-corrected chi connectivity index (χ0v) is 11.2. The molecule has 0 bridgehead atoms. The summed E-state index contributed by atoms with van der Waals surface area (Å²) >= 11 is 3.19. The molecule has 5 heteroatoms. The Bertz CT molecular complexity index is 356. The normalized spacial score (nSPS) is 11.9. The lowest BCUT2D eigenvalue weighted by atomic mass is 10.3. The quantitative estimate of drug-likeness (QED) is 0.820. The van der Waals surface area contributed by atoms with Gasteiger partial charge in [-0.2, -0.15) is 0 Å². The van der Waals surface area contributed by atoms with Crippen molar-refractivity contribution in [3.63, 3.8) is 0 Å². The molecule has 17 heavy (non-hydrogen) atoms. The Morgan fingerprint density at radius 3 is 2.71 bits per heavy atom. The molecular weight excluding hydrogens is 289 g/mol. The number of alkyl halides is 1. The fourth-order valence-electron chi connectivity index (χ4n) is 1.22. The van der Waals surface area contributed by atoms with Crippen molar-refractivity contribution in [2.24, 2.45) is 0 Å². The summed E-state index contributed by atoms with van der Waals surface area (Å²) in [6, 6.07) is 5.80. The number of ether oxygens (including phenoxy) is 1. The van der Waals surface area contributed by atoms with Gasteiger partial charge in [-0.3, -0.25) is 4.79 Å². The Morgan fingerprint density at radius 1 is 1.47 bits per heavy atom. The molecule has 0 aliphatic heterocycles. The van der Waals surface area contributed by atoms with E-state index in [4.69, 9.17) is 4.74 Å². The average molecular weight is 304 g/mol. The molecule has 0 aliphatic carbocycles. The lowest BCUT2D eigenvalue weighted by Crippen LogP contribution is -2.33. The minimum absolute atomic E-state index is 0.0172. The van der Waals surface area contributed by atoms with E-state index in [9.17, 15) is 9.18 Å². The van der Waals surface area contributed by atoms with E-state index in [1.54, 1.807) is 12.1 Å². The van der Waals surface area contributed by atoms with Crippen LogP contribution in [0.15, 0.2) is 24.3 Å². The Labute approximate surface area is 108 Å². The zero-order valence-electron chi connectivity index (χ0n) is 9.58. The van der Waals surface area contributed by atoms with Crippen molar-refractivity contribution in [3.8, 4) is 5.75 Å². The van der Waals surface area contributed by atoms with Crippen LogP contribution in [0.2, 0.25) is 0 Å². The maximum atomic E-state index is 12.6. The molecule has 0 aromatic heterocycles. The van der Waals surface area contributed by atoms with Gasteiger partial charge in [-0.05, 0) is 31.2 Å². The average Bonchev–Trinajstić information content (AvgIpc) is 2.30. The summed E-state index contributed by atoms with van der Waals surface area (Å²) in [6.07, 6.45) is 0.295. The highest BCUT2D eigenvalue weighted by Crippen LogP contribution is 2.12. The van der Waals surface area contributed by atoms with E-state index in [0.29, 0.717) is 24.0 Å². The summed E-state index contributed by atoms with van der Waals surface area (Å²) in [7, 11) is 0. The van der Waals surface area contributed by atoms with Crippen LogP contribution in [0.25, 0.3) is 0 Å². The summed E-state index contributed by atoms with van der Waals surface area (Å²) in [6.45, 7) is 2.28. The summed E-state index contributed by atoms with van der Waals surface area (Å²) in [4.78, 5) is 11.2. The van der Waals surface area contributed by atoms with Crippen LogP contribution in [0.1, 0.15) is 13.3 Å². The number of rotatable bonds is 6. The first-order chi connectivity index (χ1) is 8.11. The van der Waals surface area contributed by atoms with Crippen LogP contribution in [-0.2, 0) is 4.79 Å². The van der Waals surface area contributed by atoms with Crippen molar-refractivity contribution in [1.82, 2.24) is 5.32 Å². The van der Waals surface area contributed by atoms with Gasteiger partial charge in [0.15, 0.2) is 0 Å². The number of carbonyl (C=O) groups excluding carboxylic acids is 1. The molecule has 1 unspecified atom stereocenters. The summed E-state index contributed by atoms with van der Waals surface area (Å²) in [5, 5.41) is 3.39. The molecule has 1 rings (SSSR count). The van der Waals surface area contributed by atoms with Crippen LogP contribution in [0, 0.1) is 5.82 Å². The molecule has 0 radical (unpaired) electrons. The smallest absolute Gasteiger partial charge is 0.220 e. The lowest BCUT2D eigenvalue weighted by Gasteiger charge is -2.15. The van der Waals surface area contributed by atoms with Crippen LogP contribution in [0.3, 0.4) is 0 Å². The van der Waals surface area contributed by atoms with E-state index >= 15 is 0 Å². The van der Waals surface area contributed by atoms with Crippen molar-refractivity contribution in [1.29, 1.82) is 0 Å². The molecule has 0 fully saturated rings. The maximum absolute atomic E-state index is 12.6. The van der Waals surface area contributed by atoms with E-state index in [2.05, 4.69) is 21.2 Å². The molecule has 94 valence electrons. The third kappa shape index (κ3) is 5.68. The monoisotopic (exact) mass is 303 g/mol. The van der Waals surface area contributed by atoms with Gasteiger partial charge < -0.3 is 10.1 Å². The maximum Gasteiger partial charge on any atom is 0.220 e. The number of amides is 1. The van der Waals surface area contributed by atoms with Gasteiger partial charge in [0.1, 0.15) is 17.7 Å². The summed E-state index contributed by atoms with van der Waals surface area (Å²) in [5.74, 6) is 0.278. The predicted molar refractivity (Wildman–Crippen MR) is 67.9 cm³/mol. The van der Waals surface area contributed by atoms with Gasteiger partial charge >= 0.3 is 0 Å². The number of benzene rings is 1. The standard InChI is InChI=1S/C12H15BrFNO2/c1-9(8-15-12(16)6-7-13)17-11-4-2-10(14)3-5-11/h2-5,9H,6-8H2,1H3,(H,15,16). The number of hydrogen-bond acceptors (Lipinski definition) is 2. The number of halogens is 2. The topological polar surface area (TPSA) is 38.3 Å². The van der Waals surface area contributed by atoms with Crippen molar-refractivity contribution < 1.29 is 13.9 Å². The van der Waals surface area contributed by atoms with E-state index in [-0.39, 0.29) is 17.8 Å². The largest absolute Gasteiger partial charge is 0.489 e. The fraction of sp³-hybridized carbons (Fsp3) is 0.417. The van der Waals surface area contributed by atoms with Gasteiger partial charge in [0, 0.05) is 11.8 Å². The molecule has 0 heterocycles. The molecule has 1 aromatic rings. The van der Waals surface area contributed by atoms with Gasteiger partial charge in [0.25, 0.3) is 0 Å². The lowest BCUT2D eigenvalue weighted by molar-refractivity contribution is -0.121. The van der Waals surface area contributed by atoms with E-state index in [1.165, 1.54) is 12.1 Å². The van der Waals surface area contributed by atoms with Crippen LogP contribution >= 0.6 is 15.9 Å². The van der Waals surface area contributed by atoms with Gasteiger partial charge in [-0.25, -0.2) is 4.39 Å². The first-order valence-corrected chi connectivity index (χ1v) is 6.49. The second kappa shape index (κ2) is 7.27. The highest BCUT2D eigenvalue weighted by Gasteiger charge is 2.06. The molecular formula is C12H15BrFNO2. The summed E-state index contributed by atoms with van der Waals surface area (Å²) in [5.41, 5.74) is 0. The molecule has 3 nitrogen and oxygen atoms in total. The molecule has 0 aliphatic rings. The minimum atomic E-state index is -0.296. The van der Waals surface area contributed by atoms with Gasteiger partial charge in [0.05, 0.1) is 6.54 Å². The number of carbonyl (C=O) groups is 1. The van der Waals surface area contributed by atoms with Crippen molar-refractivity contribution in [3.05, 3.63) is 30.1 Å². The molecule has 0 saturated carbocycles. The zero-order chi connectivity index (χ0) is 12.7. The minimum Gasteiger partial charge on any atom is -0.489 e. The SMILES string of the molecule is CC(CNC(=O)CCBr)Oc1ccc(F)cc1. The van der Waals surface area contributed by atoms with Crippen LogP contribution < -0.4 is 10.1 Å². The molecule has 1 amide bonds. The molecule has 0 saturated heterocycles. The Balaban J connectivity index is 2.31. The first kappa shape index (κ1) is 14.0. The van der Waals surface area contributed by atoms with E-state index < -0.39 is 0 Å².